The van der Waals surface area contributed by atoms with Gasteiger partial charge in [-0.25, -0.2) is 0 Å². The fourth-order valence-corrected chi connectivity index (χ4v) is 5.02. The van der Waals surface area contributed by atoms with E-state index in [-0.39, 0.29) is 10.9 Å². The van der Waals surface area contributed by atoms with Crippen LogP contribution in [0.15, 0.2) is 84.9 Å². The summed E-state index contributed by atoms with van der Waals surface area (Å²) in [5, 5.41) is 13.4. The third-order valence-electron chi connectivity index (χ3n) is 6.58. The third-order valence-corrected chi connectivity index (χ3v) is 7.11. The van der Waals surface area contributed by atoms with Gasteiger partial charge in [0.05, 0.1) is 17.5 Å². The fourth-order valence-electron chi connectivity index (χ4n) is 4.61. The summed E-state index contributed by atoms with van der Waals surface area (Å²) in [5.41, 5.74) is 4.26. The Labute approximate surface area is 236 Å². The van der Waals surface area contributed by atoms with Crippen LogP contribution in [0, 0.1) is 0 Å². The molecule has 4 aromatic carbocycles. The monoisotopic (exact) mass is 561 g/mol. The molecule has 1 amide bonds. The molecule has 5 rings (SSSR count). The number of carbonyl (C=O) groups excluding carboxylic acids is 1. The van der Waals surface area contributed by atoms with E-state index in [4.69, 9.17) is 32.7 Å². The first-order chi connectivity index (χ1) is 18.9. The Kier molecular flexibility index (Phi) is 8.05. The molecule has 6 nitrogen and oxygen atoms in total. The quantitative estimate of drug-likeness (QED) is 0.234. The largest absolute Gasteiger partial charge is 0.493 e. The number of hydrogen-bond acceptors (Lipinski definition) is 4. The van der Waals surface area contributed by atoms with Crippen LogP contribution in [0.4, 0.5) is 0 Å². The van der Waals surface area contributed by atoms with Crippen LogP contribution in [0.1, 0.15) is 33.8 Å². The maximum absolute atomic E-state index is 12.7. The minimum absolute atomic E-state index is 0.193. The summed E-state index contributed by atoms with van der Waals surface area (Å²) in [4.78, 5) is 24.3. The van der Waals surface area contributed by atoms with Crippen LogP contribution in [0.2, 0.25) is 10.0 Å². The maximum atomic E-state index is 12.7. The molecule has 0 aliphatic carbocycles. The van der Waals surface area contributed by atoms with E-state index in [2.05, 4.69) is 5.32 Å². The molecule has 1 unspecified atom stereocenters. The fraction of sp³-hybridized carbons (Fsp3) is 0.161. The van der Waals surface area contributed by atoms with Gasteiger partial charge in [0, 0.05) is 28.8 Å². The highest BCUT2D eigenvalue weighted by Gasteiger charge is 2.29. The lowest BCUT2D eigenvalue weighted by molar-refractivity contribution is -0.139. The molecule has 1 atom stereocenters. The topological polar surface area (TPSA) is 84.9 Å². The predicted molar refractivity (Wildman–Crippen MR) is 151 cm³/mol. The second-order valence-corrected chi connectivity index (χ2v) is 9.99. The minimum Gasteiger partial charge on any atom is -0.493 e. The van der Waals surface area contributed by atoms with Gasteiger partial charge in [-0.05, 0) is 72.0 Å². The Balaban J connectivity index is 1.21. The lowest BCUT2D eigenvalue weighted by Crippen LogP contribution is -2.25. The van der Waals surface area contributed by atoms with Crippen LogP contribution in [0.5, 0.6) is 17.2 Å². The van der Waals surface area contributed by atoms with E-state index < -0.39 is 11.9 Å². The van der Waals surface area contributed by atoms with Crippen molar-refractivity contribution in [1.82, 2.24) is 5.32 Å². The molecule has 39 heavy (non-hydrogen) atoms. The Morgan fingerprint density at radius 3 is 2.54 bits per heavy atom. The highest BCUT2D eigenvalue weighted by atomic mass is 35.5. The summed E-state index contributed by atoms with van der Waals surface area (Å²) < 4.78 is 11.5. The summed E-state index contributed by atoms with van der Waals surface area (Å²) in [6.07, 6.45) is 1.05. The van der Waals surface area contributed by atoms with Crippen LogP contribution in [0.3, 0.4) is 0 Å². The van der Waals surface area contributed by atoms with E-state index in [1.807, 2.05) is 48.5 Å². The van der Waals surface area contributed by atoms with Gasteiger partial charge in [0.25, 0.3) is 5.91 Å². The number of aliphatic carboxylic acids is 1. The third kappa shape index (κ3) is 6.19. The molecule has 198 valence electrons. The molecular weight excluding hydrogens is 537 g/mol. The zero-order valence-corrected chi connectivity index (χ0v) is 22.3. The Bertz CT molecular complexity index is 1520. The van der Waals surface area contributed by atoms with Crippen LogP contribution in [-0.4, -0.2) is 30.1 Å². The molecule has 1 aliphatic rings. The van der Waals surface area contributed by atoms with E-state index in [9.17, 15) is 14.7 Å². The summed E-state index contributed by atoms with van der Waals surface area (Å²) >= 11 is 12.6. The molecule has 0 saturated carbocycles. The first kappa shape index (κ1) is 26.6. The van der Waals surface area contributed by atoms with Crippen molar-refractivity contribution in [1.29, 1.82) is 0 Å². The number of benzene rings is 4. The minimum atomic E-state index is -0.913. The van der Waals surface area contributed by atoms with Gasteiger partial charge in [-0.3, -0.25) is 9.59 Å². The smallest absolute Gasteiger partial charge is 0.311 e. The first-order valence-corrected chi connectivity index (χ1v) is 13.2. The molecule has 2 N–H and O–H groups in total. The number of nitrogens with one attached hydrogen (secondary N) is 1. The van der Waals surface area contributed by atoms with E-state index in [1.165, 1.54) is 0 Å². The highest BCUT2D eigenvalue weighted by Crippen LogP contribution is 2.41. The SMILES string of the molecule is O=C(NCCc1ccccc1-c1cccc(Cl)c1)c1ccc(Oc2cc3c(cc2Cl)C(C(=O)O)CCO3)cc1. The molecule has 1 aliphatic heterocycles. The molecule has 0 radical (unpaired) electrons. The average molecular weight is 562 g/mol. The Morgan fingerprint density at radius 2 is 1.77 bits per heavy atom. The molecule has 0 bridgehead atoms. The van der Waals surface area contributed by atoms with Crippen LogP contribution < -0.4 is 14.8 Å². The molecule has 0 spiro atoms. The van der Waals surface area contributed by atoms with Crippen LogP contribution >= 0.6 is 23.2 Å². The number of carboxylic acids is 1. The summed E-state index contributed by atoms with van der Waals surface area (Å²) in [6, 6.07) is 25.7. The number of carbonyl (C=O) groups is 2. The van der Waals surface area contributed by atoms with Crippen molar-refractivity contribution in [3.8, 4) is 28.4 Å². The summed E-state index contributed by atoms with van der Waals surface area (Å²) in [5.74, 6) is -0.499. The summed E-state index contributed by atoms with van der Waals surface area (Å²) in [6.45, 7) is 0.776. The molecule has 4 aromatic rings. The molecule has 0 aromatic heterocycles. The van der Waals surface area contributed by atoms with E-state index >= 15 is 0 Å². The maximum Gasteiger partial charge on any atom is 0.311 e. The number of halogens is 2. The standard InChI is InChI=1S/C31H25Cl2NO5/c32-22-6-3-5-21(16-22)24-7-2-1-4-19(24)12-14-34-30(35)20-8-10-23(11-9-20)39-29-18-28-26(17-27(29)33)25(31(36)37)13-15-38-28/h1-11,16-18,25H,12-15H2,(H,34,35)(H,36,37). The number of hydrogen-bond donors (Lipinski definition) is 2. The Morgan fingerprint density at radius 1 is 0.974 bits per heavy atom. The molecule has 8 heteroatoms. The van der Waals surface area contributed by atoms with Crippen molar-refractivity contribution in [3.63, 3.8) is 0 Å². The lowest BCUT2D eigenvalue weighted by atomic mass is 9.93. The normalized spacial score (nSPS) is 14.2. The van der Waals surface area contributed by atoms with Gasteiger partial charge in [0.15, 0.2) is 0 Å². The van der Waals surface area contributed by atoms with E-state index in [0.717, 1.165) is 16.7 Å². The van der Waals surface area contributed by atoms with Crippen molar-refractivity contribution in [2.75, 3.05) is 13.2 Å². The van der Waals surface area contributed by atoms with E-state index in [1.54, 1.807) is 36.4 Å². The van der Waals surface area contributed by atoms with Crippen molar-refractivity contribution < 1.29 is 24.2 Å². The van der Waals surface area contributed by atoms with Gasteiger partial charge >= 0.3 is 5.97 Å². The van der Waals surface area contributed by atoms with E-state index in [0.29, 0.717) is 59.4 Å². The lowest BCUT2D eigenvalue weighted by Gasteiger charge is -2.24. The van der Waals surface area contributed by atoms with Crippen molar-refractivity contribution in [3.05, 3.63) is 112 Å². The number of rotatable bonds is 8. The van der Waals surface area contributed by atoms with Gasteiger partial charge in [0.1, 0.15) is 17.2 Å². The molecule has 0 saturated heterocycles. The van der Waals surface area contributed by atoms with Gasteiger partial charge in [-0.15, -0.1) is 0 Å². The average Bonchev–Trinajstić information content (AvgIpc) is 2.93. The Hall–Kier alpha value is -4.00. The zero-order chi connectivity index (χ0) is 27.4. The molecule has 1 heterocycles. The second kappa shape index (κ2) is 11.8. The van der Waals surface area contributed by atoms with Gasteiger partial charge in [0.2, 0.25) is 0 Å². The number of fused-ring (bicyclic) bond motifs is 1. The number of ether oxygens (including phenoxy) is 2. The zero-order valence-electron chi connectivity index (χ0n) is 20.8. The van der Waals surface area contributed by atoms with Crippen molar-refractivity contribution in [2.45, 2.75) is 18.8 Å². The molecular formula is C31H25Cl2NO5. The van der Waals surface area contributed by atoms with Gasteiger partial charge < -0.3 is 19.9 Å². The number of amides is 1. The van der Waals surface area contributed by atoms with Crippen molar-refractivity contribution in [2.24, 2.45) is 0 Å². The van der Waals surface area contributed by atoms with Gasteiger partial charge in [-0.2, -0.15) is 0 Å². The highest BCUT2D eigenvalue weighted by molar-refractivity contribution is 6.32. The summed E-state index contributed by atoms with van der Waals surface area (Å²) in [7, 11) is 0. The van der Waals surface area contributed by atoms with Gasteiger partial charge in [-0.1, -0.05) is 59.6 Å². The van der Waals surface area contributed by atoms with Crippen LogP contribution in [0.25, 0.3) is 11.1 Å². The van der Waals surface area contributed by atoms with Crippen molar-refractivity contribution >= 4 is 35.1 Å². The first-order valence-electron chi connectivity index (χ1n) is 12.5. The van der Waals surface area contributed by atoms with Crippen LogP contribution in [-0.2, 0) is 11.2 Å². The molecule has 0 fully saturated rings. The predicted octanol–water partition coefficient (Wildman–Crippen LogP) is 7.38. The second-order valence-electron chi connectivity index (χ2n) is 9.15. The number of carboxylic acid groups (broad SMARTS) is 1.